The maximum atomic E-state index is 12.6. The molecule has 4 rings (SSSR count). The van der Waals surface area contributed by atoms with Crippen LogP contribution < -0.4 is 5.32 Å². The number of thiophene rings is 1. The molecule has 154 valence electrons. The summed E-state index contributed by atoms with van der Waals surface area (Å²) in [6, 6.07) is 12.2. The van der Waals surface area contributed by atoms with Crippen LogP contribution in [0.3, 0.4) is 0 Å². The minimum Gasteiger partial charge on any atom is -0.361 e. The quantitative estimate of drug-likeness (QED) is 0.600. The molecular formula is C22H27ClN4OS. The zero-order valence-corrected chi connectivity index (χ0v) is 18.2. The second-order valence-corrected chi connectivity index (χ2v) is 9.39. The molecule has 5 nitrogen and oxygen atoms in total. The number of hydrogen-bond donors (Lipinski definition) is 2. The van der Waals surface area contributed by atoms with Gasteiger partial charge in [0, 0.05) is 61.2 Å². The number of amides is 1. The van der Waals surface area contributed by atoms with Crippen molar-refractivity contribution in [2.24, 2.45) is 0 Å². The monoisotopic (exact) mass is 430 g/mol. The highest BCUT2D eigenvalue weighted by atomic mass is 35.5. The summed E-state index contributed by atoms with van der Waals surface area (Å²) < 4.78 is 0.844. The van der Waals surface area contributed by atoms with Crippen molar-refractivity contribution in [3.63, 3.8) is 0 Å². The summed E-state index contributed by atoms with van der Waals surface area (Å²) in [4.78, 5) is 21.9. The molecule has 3 aromatic rings. The third-order valence-electron chi connectivity index (χ3n) is 5.71. The summed E-state index contributed by atoms with van der Waals surface area (Å²) in [5, 5.41) is 4.35. The van der Waals surface area contributed by atoms with Gasteiger partial charge in [0.25, 0.3) is 0 Å². The number of H-pyrrole nitrogens is 1. The lowest BCUT2D eigenvalue weighted by Crippen LogP contribution is -2.53. The Kier molecular flexibility index (Phi) is 6.55. The van der Waals surface area contributed by atoms with Crippen molar-refractivity contribution in [3.8, 4) is 0 Å². The van der Waals surface area contributed by atoms with Gasteiger partial charge in [0.2, 0.25) is 5.91 Å². The van der Waals surface area contributed by atoms with Gasteiger partial charge in [-0.2, -0.15) is 0 Å². The van der Waals surface area contributed by atoms with Crippen LogP contribution in [0, 0.1) is 0 Å². The molecule has 1 aliphatic rings. The Morgan fingerprint density at radius 3 is 2.76 bits per heavy atom. The number of nitrogens with zero attached hydrogens (tertiary/aromatic N) is 2. The number of rotatable bonds is 7. The Hall–Kier alpha value is -1.86. The first-order valence-electron chi connectivity index (χ1n) is 10.1. The highest BCUT2D eigenvalue weighted by Gasteiger charge is 2.25. The molecule has 1 saturated heterocycles. The van der Waals surface area contributed by atoms with E-state index in [2.05, 4.69) is 38.3 Å². The van der Waals surface area contributed by atoms with Gasteiger partial charge in [-0.25, -0.2) is 0 Å². The normalized spacial score (nSPS) is 16.9. The summed E-state index contributed by atoms with van der Waals surface area (Å²) >= 11 is 7.67. The zero-order valence-electron chi connectivity index (χ0n) is 16.7. The molecule has 1 aliphatic heterocycles. The largest absolute Gasteiger partial charge is 0.361 e. The Bertz CT molecular complexity index is 961. The minimum absolute atomic E-state index is 0.101. The molecule has 29 heavy (non-hydrogen) atoms. The molecule has 0 saturated carbocycles. The summed E-state index contributed by atoms with van der Waals surface area (Å²) in [7, 11) is 0. The van der Waals surface area contributed by atoms with Crippen molar-refractivity contribution in [2.45, 2.75) is 25.9 Å². The molecule has 7 heteroatoms. The summed E-state index contributed by atoms with van der Waals surface area (Å²) in [5.41, 5.74) is 2.39. The van der Waals surface area contributed by atoms with Crippen molar-refractivity contribution < 1.29 is 4.79 Å². The van der Waals surface area contributed by atoms with Gasteiger partial charge < -0.3 is 10.3 Å². The first-order valence-corrected chi connectivity index (χ1v) is 11.3. The number of aromatic amines is 1. The van der Waals surface area contributed by atoms with Crippen LogP contribution in [-0.4, -0.2) is 59.5 Å². The number of nitrogens with one attached hydrogen (secondary N) is 2. The van der Waals surface area contributed by atoms with E-state index < -0.39 is 0 Å². The average Bonchev–Trinajstić information content (AvgIpc) is 3.34. The van der Waals surface area contributed by atoms with E-state index in [1.807, 2.05) is 31.3 Å². The van der Waals surface area contributed by atoms with Crippen molar-refractivity contribution in [1.82, 2.24) is 20.1 Å². The lowest BCUT2D eigenvalue weighted by Gasteiger charge is -2.37. The van der Waals surface area contributed by atoms with E-state index in [0.717, 1.165) is 49.0 Å². The lowest BCUT2D eigenvalue weighted by atomic mass is 10.1. The van der Waals surface area contributed by atoms with E-state index in [1.165, 1.54) is 15.8 Å². The Morgan fingerprint density at radius 2 is 2.00 bits per heavy atom. The molecule has 1 amide bonds. The first-order chi connectivity index (χ1) is 14.1. The molecule has 0 bridgehead atoms. The number of benzene rings is 1. The predicted octanol–water partition coefficient (Wildman–Crippen LogP) is 3.75. The summed E-state index contributed by atoms with van der Waals surface area (Å²) in [5.74, 6) is 0.114. The van der Waals surface area contributed by atoms with E-state index >= 15 is 0 Å². The number of piperazine rings is 1. The topological polar surface area (TPSA) is 51.4 Å². The van der Waals surface area contributed by atoms with Gasteiger partial charge >= 0.3 is 0 Å². The summed E-state index contributed by atoms with van der Waals surface area (Å²) in [6.45, 7) is 7.38. The molecule has 2 N–H and O–H groups in total. The minimum atomic E-state index is -0.101. The molecule has 3 heterocycles. The maximum absolute atomic E-state index is 12.6. The van der Waals surface area contributed by atoms with Gasteiger partial charge in [-0.1, -0.05) is 29.8 Å². The Labute approximate surface area is 180 Å². The zero-order chi connectivity index (χ0) is 20.2. The number of aromatic nitrogens is 1. The van der Waals surface area contributed by atoms with E-state index in [4.69, 9.17) is 11.6 Å². The number of fused-ring (bicyclic) bond motifs is 1. The van der Waals surface area contributed by atoms with Crippen molar-refractivity contribution in [2.75, 3.05) is 32.7 Å². The van der Waals surface area contributed by atoms with Crippen LogP contribution in [0.25, 0.3) is 10.9 Å². The number of carbonyl (C=O) groups is 1. The van der Waals surface area contributed by atoms with Crippen LogP contribution >= 0.6 is 22.9 Å². The van der Waals surface area contributed by atoms with Gasteiger partial charge in [0.1, 0.15) is 0 Å². The van der Waals surface area contributed by atoms with Crippen molar-refractivity contribution in [3.05, 3.63) is 57.4 Å². The third kappa shape index (κ3) is 5.01. The molecule has 0 aliphatic carbocycles. The Morgan fingerprint density at radius 1 is 1.21 bits per heavy atom. The van der Waals surface area contributed by atoms with Crippen LogP contribution in [0.15, 0.2) is 42.6 Å². The first kappa shape index (κ1) is 20.4. The second kappa shape index (κ2) is 9.30. The molecular weight excluding hydrogens is 404 g/mol. The highest BCUT2D eigenvalue weighted by Crippen LogP contribution is 2.23. The fourth-order valence-electron chi connectivity index (χ4n) is 3.94. The van der Waals surface area contributed by atoms with Gasteiger partial charge in [-0.3, -0.25) is 14.6 Å². The third-order valence-corrected chi connectivity index (χ3v) is 6.93. The molecule has 1 unspecified atom stereocenters. The molecule has 0 radical (unpaired) electrons. The Balaban J connectivity index is 1.21. The second-order valence-electron chi connectivity index (χ2n) is 7.59. The van der Waals surface area contributed by atoms with Crippen LogP contribution in [0.2, 0.25) is 4.34 Å². The van der Waals surface area contributed by atoms with Crippen LogP contribution in [0.4, 0.5) is 0 Å². The SMILES string of the molecule is CC(C(=O)NCCc1c[nH]c2ccccc12)N1CCN(Cc2ccc(Cl)s2)CC1. The highest BCUT2D eigenvalue weighted by molar-refractivity contribution is 7.16. The van der Waals surface area contributed by atoms with Crippen molar-refractivity contribution >= 4 is 39.7 Å². The molecule has 1 fully saturated rings. The van der Waals surface area contributed by atoms with Gasteiger partial charge in [0.15, 0.2) is 0 Å². The fourth-order valence-corrected chi connectivity index (χ4v) is 5.07. The average molecular weight is 431 g/mol. The fraction of sp³-hybridized carbons (Fsp3) is 0.409. The predicted molar refractivity (Wildman–Crippen MR) is 121 cm³/mol. The van der Waals surface area contributed by atoms with Gasteiger partial charge in [0.05, 0.1) is 10.4 Å². The maximum Gasteiger partial charge on any atom is 0.237 e. The molecule has 1 atom stereocenters. The van der Waals surface area contributed by atoms with E-state index in [0.29, 0.717) is 6.54 Å². The number of halogens is 1. The smallest absolute Gasteiger partial charge is 0.237 e. The van der Waals surface area contributed by atoms with Gasteiger partial charge in [-0.05, 0) is 37.1 Å². The van der Waals surface area contributed by atoms with Crippen molar-refractivity contribution in [1.29, 1.82) is 0 Å². The number of carbonyl (C=O) groups excluding carboxylic acids is 1. The summed E-state index contributed by atoms with van der Waals surface area (Å²) in [6.07, 6.45) is 2.87. The standard InChI is InChI=1S/C22H27ClN4OS/c1-16(27-12-10-26(11-13-27)15-18-6-7-21(23)29-18)22(28)24-9-8-17-14-25-20-5-3-2-4-19(17)20/h2-7,14,16,25H,8-13,15H2,1H3,(H,24,28). The van der Waals surface area contributed by atoms with E-state index in [1.54, 1.807) is 11.3 Å². The number of hydrogen-bond acceptors (Lipinski definition) is 4. The van der Waals surface area contributed by atoms with E-state index in [9.17, 15) is 4.79 Å². The molecule has 2 aromatic heterocycles. The van der Waals surface area contributed by atoms with Gasteiger partial charge in [-0.15, -0.1) is 11.3 Å². The number of para-hydroxylation sites is 1. The lowest BCUT2D eigenvalue weighted by molar-refractivity contribution is -0.126. The van der Waals surface area contributed by atoms with Crippen LogP contribution in [0.1, 0.15) is 17.4 Å². The van der Waals surface area contributed by atoms with Crippen LogP contribution in [0.5, 0.6) is 0 Å². The van der Waals surface area contributed by atoms with E-state index in [-0.39, 0.29) is 11.9 Å². The van der Waals surface area contributed by atoms with Crippen LogP contribution in [-0.2, 0) is 17.8 Å². The molecule has 0 spiro atoms. The molecule has 1 aromatic carbocycles.